The Labute approximate surface area is 161 Å². The molecule has 4 nitrogen and oxygen atoms in total. The summed E-state index contributed by atoms with van der Waals surface area (Å²) in [6, 6.07) is 10.0. The van der Waals surface area contributed by atoms with Gasteiger partial charge in [-0.25, -0.2) is 4.79 Å². The van der Waals surface area contributed by atoms with E-state index in [-0.39, 0.29) is 0 Å². The fraction of sp³-hybridized carbons (Fsp3) is 0.348. The summed E-state index contributed by atoms with van der Waals surface area (Å²) in [4.78, 5) is 11.9. The molecule has 1 heterocycles. The van der Waals surface area contributed by atoms with Gasteiger partial charge in [-0.1, -0.05) is 30.4 Å². The topological polar surface area (TPSA) is 51.5 Å². The van der Waals surface area contributed by atoms with Crippen molar-refractivity contribution in [1.82, 2.24) is 5.32 Å². The highest BCUT2D eigenvalue weighted by molar-refractivity contribution is 5.80. The quantitative estimate of drug-likeness (QED) is 0.666. The van der Waals surface area contributed by atoms with Crippen LogP contribution in [0.1, 0.15) is 55.9 Å². The summed E-state index contributed by atoms with van der Waals surface area (Å²) in [6.45, 7) is 15.9. The molecule has 0 aliphatic heterocycles. The van der Waals surface area contributed by atoms with Crippen LogP contribution in [0.25, 0.3) is 5.57 Å². The van der Waals surface area contributed by atoms with Gasteiger partial charge in [-0.3, -0.25) is 0 Å². The Morgan fingerprint density at radius 2 is 1.96 bits per heavy atom. The molecular weight excluding hydrogens is 338 g/mol. The molecule has 0 bridgehead atoms. The van der Waals surface area contributed by atoms with Crippen LogP contribution < -0.4 is 5.32 Å². The number of benzene rings is 1. The maximum atomic E-state index is 11.9. The zero-order valence-corrected chi connectivity index (χ0v) is 17.1. The maximum absolute atomic E-state index is 11.9. The Bertz CT molecular complexity index is 866. The summed E-state index contributed by atoms with van der Waals surface area (Å²) < 4.78 is 11.2. The van der Waals surface area contributed by atoms with Crippen LogP contribution in [0.3, 0.4) is 0 Å². The van der Waals surface area contributed by atoms with Gasteiger partial charge in [0, 0.05) is 12.1 Å². The lowest BCUT2D eigenvalue weighted by atomic mass is 9.97. The molecule has 1 N–H and O–H groups in total. The first-order valence-corrected chi connectivity index (χ1v) is 9.06. The number of hydrogen-bond donors (Lipinski definition) is 1. The molecule has 2 rings (SSSR count). The van der Waals surface area contributed by atoms with E-state index in [2.05, 4.69) is 11.9 Å². The minimum absolute atomic E-state index is 0.388. The molecule has 0 radical (unpaired) electrons. The molecule has 0 saturated heterocycles. The molecule has 4 heteroatoms. The molecule has 27 heavy (non-hydrogen) atoms. The van der Waals surface area contributed by atoms with Gasteiger partial charge in [0.05, 0.1) is 0 Å². The smallest absolute Gasteiger partial charge is 0.407 e. The fourth-order valence-corrected chi connectivity index (χ4v) is 2.77. The van der Waals surface area contributed by atoms with Crippen LogP contribution in [0.5, 0.6) is 0 Å². The Kier molecular flexibility index (Phi) is 6.32. The molecule has 0 unspecified atom stereocenters. The highest BCUT2D eigenvalue weighted by Crippen LogP contribution is 2.30. The Morgan fingerprint density at radius 1 is 1.26 bits per heavy atom. The van der Waals surface area contributed by atoms with Crippen LogP contribution >= 0.6 is 0 Å². The largest absolute Gasteiger partial charge is 0.461 e. The van der Waals surface area contributed by atoms with E-state index in [9.17, 15) is 4.79 Å². The van der Waals surface area contributed by atoms with Gasteiger partial charge in [0.2, 0.25) is 0 Å². The maximum Gasteiger partial charge on any atom is 0.407 e. The molecule has 1 amide bonds. The Hall–Kier alpha value is -2.75. The third-order valence-electron chi connectivity index (χ3n) is 3.75. The number of allylic oxidation sites excluding steroid dienone is 2. The number of nitrogens with one attached hydrogen (secondary N) is 1. The summed E-state index contributed by atoms with van der Waals surface area (Å²) in [5, 5.41) is 2.80. The van der Waals surface area contributed by atoms with E-state index in [0.29, 0.717) is 6.54 Å². The summed E-state index contributed by atoms with van der Waals surface area (Å²) >= 11 is 0. The van der Waals surface area contributed by atoms with E-state index in [1.807, 2.05) is 78.0 Å². The highest BCUT2D eigenvalue weighted by Gasteiger charge is 2.16. The molecule has 2 aromatic rings. The van der Waals surface area contributed by atoms with Crippen LogP contribution in [-0.4, -0.2) is 11.7 Å². The third-order valence-corrected chi connectivity index (χ3v) is 3.75. The van der Waals surface area contributed by atoms with Crippen LogP contribution in [0.4, 0.5) is 4.79 Å². The molecule has 1 aromatic heterocycles. The monoisotopic (exact) mass is 367 g/mol. The van der Waals surface area contributed by atoms with Crippen LogP contribution in [-0.2, 0) is 11.3 Å². The summed E-state index contributed by atoms with van der Waals surface area (Å²) in [5.74, 6) is 1.71. The standard InChI is InChI=1S/C23H29NO3/c1-15(2)11-20(21-16(3)12-17(4)26-21)19-10-8-9-18(13-19)14-24-22(25)27-23(5,6)7/h8-13H,1,14H2,2-7H3,(H,24,25)/b20-11-. The molecule has 144 valence electrons. The van der Waals surface area contributed by atoms with Crippen molar-refractivity contribution in [3.63, 3.8) is 0 Å². The van der Waals surface area contributed by atoms with Crippen molar-refractivity contribution in [2.24, 2.45) is 0 Å². The fourth-order valence-electron chi connectivity index (χ4n) is 2.77. The molecule has 0 aliphatic carbocycles. The number of hydrogen-bond acceptors (Lipinski definition) is 3. The van der Waals surface area contributed by atoms with E-state index in [0.717, 1.165) is 39.4 Å². The lowest BCUT2D eigenvalue weighted by molar-refractivity contribution is 0.0523. The minimum Gasteiger partial charge on any atom is -0.461 e. The lowest BCUT2D eigenvalue weighted by Crippen LogP contribution is -2.32. The first kappa shape index (κ1) is 20.6. The number of aryl methyl sites for hydroxylation is 2. The Morgan fingerprint density at radius 3 is 2.52 bits per heavy atom. The van der Waals surface area contributed by atoms with Gasteiger partial charge in [0.15, 0.2) is 0 Å². The van der Waals surface area contributed by atoms with Crippen LogP contribution in [0, 0.1) is 13.8 Å². The number of ether oxygens (including phenoxy) is 1. The van der Waals surface area contributed by atoms with Crippen molar-refractivity contribution in [3.05, 3.63) is 76.8 Å². The van der Waals surface area contributed by atoms with Crippen LogP contribution in [0.15, 0.2) is 53.0 Å². The first-order valence-electron chi connectivity index (χ1n) is 9.06. The van der Waals surface area contributed by atoms with Gasteiger partial charge >= 0.3 is 6.09 Å². The summed E-state index contributed by atoms with van der Waals surface area (Å²) in [7, 11) is 0. The van der Waals surface area contributed by atoms with E-state index >= 15 is 0 Å². The van der Waals surface area contributed by atoms with Gasteiger partial charge in [-0.2, -0.15) is 0 Å². The normalized spacial score (nSPS) is 12.0. The zero-order chi connectivity index (χ0) is 20.2. The van der Waals surface area contributed by atoms with E-state index in [1.165, 1.54) is 0 Å². The predicted octanol–water partition coefficient (Wildman–Crippen LogP) is 5.93. The zero-order valence-electron chi connectivity index (χ0n) is 17.1. The second-order valence-electron chi connectivity index (χ2n) is 7.83. The molecular formula is C23H29NO3. The Balaban J connectivity index is 2.26. The lowest BCUT2D eigenvalue weighted by Gasteiger charge is -2.19. The van der Waals surface area contributed by atoms with Gasteiger partial charge in [-0.15, -0.1) is 0 Å². The average Bonchev–Trinajstić information content (AvgIpc) is 2.87. The van der Waals surface area contributed by atoms with Gasteiger partial charge in [-0.05, 0) is 76.4 Å². The van der Waals surface area contributed by atoms with E-state index in [4.69, 9.17) is 9.15 Å². The van der Waals surface area contributed by atoms with Crippen molar-refractivity contribution >= 4 is 11.7 Å². The highest BCUT2D eigenvalue weighted by atomic mass is 16.6. The first-order chi connectivity index (χ1) is 12.5. The van der Waals surface area contributed by atoms with E-state index < -0.39 is 11.7 Å². The van der Waals surface area contributed by atoms with Crippen molar-refractivity contribution in [3.8, 4) is 0 Å². The SMILES string of the molecule is C=C(C)/C=C(/c1cccc(CNC(=O)OC(C)(C)C)c1)c1oc(C)cc1C. The molecule has 0 saturated carbocycles. The molecule has 1 aromatic carbocycles. The second kappa shape index (κ2) is 8.30. The van der Waals surface area contributed by atoms with Gasteiger partial charge in [0.25, 0.3) is 0 Å². The molecule has 0 fully saturated rings. The van der Waals surface area contributed by atoms with Gasteiger partial charge in [0.1, 0.15) is 17.1 Å². The van der Waals surface area contributed by atoms with Crippen molar-refractivity contribution in [2.75, 3.05) is 0 Å². The predicted molar refractivity (Wildman–Crippen MR) is 110 cm³/mol. The van der Waals surface area contributed by atoms with E-state index in [1.54, 1.807) is 0 Å². The third kappa shape index (κ3) is 6.17. The number of rotatable bonds is 5. The van der Waals surface area contributed by atoms with Gasteiger partial charge < -0.3 is 14.5 Å². The molecule has 0 spiro atoms. The summed E-state index contributed by atoms with van der Waals surface area (Å²) in [5.41, 5.74) is 4.48. The second-order valence-corrected chi connectivity index (χ2v) is 7.83. The van der Waals surface area contributed by atoms with Crippen molar-refractivity contribution in [1.29, 1.82) is 0 Å². The number of amides is 1. The number of carbonyl (C=O) groups excluding carboxylic acids is 1. The average molecular weight is 367 g/mol. The number of furan rings is 1. The summed E-state index contributed by atoms with van der Waals surface area (Å²) in [6.07, 6.45) is 1.59. The minimum atomic E-state index is -0.516. The van der Waals surface area contributed by atoms with Crippen LogP contribution in [0.2, 0.25) is 0 Å². The number of carbonyl (C=O) groups is 1. The number of alkyl carbamates (subject to hydrolysis) is 1. The molecule has 0 aliphatic rings. The molecule has 0 atom stereocenters. The van der Waals surface area contributed by atoms with Crippen molar-refractivity contribution in [2.45, 2.75) is 53.7 Å². The van der Waals surface area contributed by atoms with Crippen molar-refractivity contribution < 1.29 is 13.9 Å².